The van der Waals surface area contributed by atoms with Gasteiger partial charge in [-0.05, 0) is 64.3 Å². The van der Waals surface area contributed by atoms with Crippen LogP contribution in [-0.4, -0.2) is 62.7 Å². The van der Waals surface area contributed by atoms with Crippen LogP contribution in [0.1, 0.15) is 39.0 Å². The predicted octanol–water partition coefficient (Wildman–Crippen LogP) is 1.79. The van der Waals surface area contributed by atoms with E-state index in [1.165, 1.54) is 77.9 Å². The number of hydrogen-bond donors (Lipinski definition) is 1. The minimum absolute atomic E-state index is 0.614. The van der Waals surface area contributed by atoms with Gasteiger partial charge in [0.25, 0.3) is 0 Å². The second-order valence-electron chi connectivity index (χ2n) is 6.43. The molecule has 0 radical (unpaired) electrons. The van der Waals surface area contributed by atoms with Gasteiger partial charge < -0.3 is 15.1 Å². The number of piperidine rings is 1. The van der Waals surface area contributed by atoms with Crippen molar-refractivity contribution in [3.05, 3.63) is 0 Å². The lowest BCUT2D eigenvalue weighted by Gasteiger charge is -2.41. The van der Waals surface area contributed by atoms with Crippen LogP contribution in [0.15, 0.2) is 0 Å². The molecule has 2 fully saturated rings. The van der Waals surface area contributed by atoms with Gasteiger partial charge in [-0.2, -0.15) is 0 Å². The smallest absolute Gasteiger partial charge is 0.0109 e. The van der Waals surface area contributed by atoms with Crippen LogP contribution in [0.2, 0.25) is 0 Å². The first-order valence-corrected chi connectivity index (χ1v) is 7.86. The summed E-state index contributed by atoms with van der Waals surface area (Å²) >= 11 is 0. The molecule has 3 nitrogen and oxygen atoms in total. The molecule has 0 atom stereocenters. The molecule has 2 rings (SSSR count). The van der Waals surface area contributed by atoms with E-state index in [1.807, 2.05) is 0 Å². The minimum Gasteiger partial charge on any atom is -0.317 e. The monoisotopic (exact) mass is 253 g/mol. The molecular formula is C15H31N3. The molecule has 3 heteroatoms. The molecule has 2 aliphatic heterocycles. The second-order valence-corrected chi connectivity index (χ2v) is 6.43. The quantitative estimate of drug-likeness (QED) is 0.824. The van der Waals surface area contributed by atoms with Gasteiger partial charge >= 0.3 is 0 Å². The van der Waals surface area contributed by atoms with Crippen molar-refractivity contribution in [2.45, 2.75) is 39.0 Å². The maximum Gasteiger partial charge on any atom is 0.0109 e. The maximum absolute atomic E-state index is 3.53. The molecule has 2 saturated heterocycles. The highest BCUT2D eigenvalue weighted by Crippen LogP contribution is 2.35. The summed E-state index contributed by atoms with van der Waals surface area (Å²) < 4.78 is 0. The van der Waals surface area contributed by atoms with E-state index in [4.69, 9.17) is 0 Å². The zero-order valence-electron chi connectivity index (χ0n) is 12.4. The third-order valence-electron chi connectivity index (χ3n) is 4.82. The number of rotatable bonds is 4. The molecule has 0 aliphatic carbocycles. The number of nitrogens with zero attached hydrogens (tertiary/aromatic N) is 2. The van der Waals surface area contributed by atoms with E-state index in [0.717, 1.165) is 0 Å². The van der Waals surface area contributed by atoms with Crippen molar-refractivity contribution in [3.63, 3.8) is 0 Å². The van der Waals surface area contributed by atoms with Crippen molar-refractivity contribution >= 4 is 0 Å². The fourth-order valence-corrected chi connectivity index (χ4v) is 3.71. The molecule has 0 unspecified atom stereocenters. The van der Waals surface area contributed by atoms with Gasteiger partial charge in [0, 0.05) is 19.6 Å². The molecule has 106 valence electrons. The Morgan fingerprint density at radius 3 is 2.56 bits per heavy atom. The van der Waals surface area contributed by atoms with Gasteiger partial charge in [-0.25, -0.2) is 0 Å². The van der Waals surface area contributed by atoms with Crippen LogP contribution in [0.25, 0.3) is 0 Å². The minimum atomic E-state index is 0.614. The van der Waals surface area contributed by atoms with Crippen LogP contribution < -0.4 is 5.32 Å². The number of hydrogen-bond acceptors (Lipinski definition) is 3. The average Bonchev–Trinajstić information content (AvgIpc) is 2.56. The van der Waals surface area contributed by atoms with Crippen molar-refractivity contribution in [3.8, 4) is 0 Å². The second kappa shape index (κ2) is 6.88. The number of likely N-dealkylation sites (N-methyl/N-ethyl adjacent to an activating group) is 1. The summed E-state index contributed by atoms with van der Waals surface area (Å²) in [4.78, 5) is 5.22. The van der Waals surface area contributed by atoms with Crippen molar-refractivity contribution in [2.75, 3.05) is 52.9 Å². The summed E-state index contributed by atoms with van der Waals surface area (Å²) in [5, 5.41) is 3.53. The lowest BCUT2D eigenvalue weighted by molar-refractivity contribution is 0.103. The molecule has 2 aliphatic rings. The first-order valence-electron chi connectivity index (χ1n) is 7.86. The van der Waals surface area contributed by atoms with E-state index in [9.17, 15) is 0 Å². The van der Waals surface area contributed by atoms with Crippen LogP contribution in [0.4, 0.5) is 0 Å². The summed E-state index contributed by atoms with van der Waals surface area (Å²) in [6, 6.07) is 0. The van der Waals surface area contributed by atoms with Gasteiger partial charge in [-0.1, -0.05) is 13.3 Å². The highest BCUT2D eigenvalue weighted by Gasteiger charge is 2.33. The largest absolute Gasteiger partial charge is 0.317 e. The average molecular weight is 253 g/mol. The van der Waals surface area contributed by atoms with E-state index in [1.54, 1.807) is 0 Å². The van der Waals surface area contributed by atoms with Crippen molar-refractivity contribution in [1.82, 2.24) is 15.1 Å². The Bertz CT molecular complexity index is 230. The Balaban J connectivity index is 1.90. The Labute approximate surface area is 113 Å². The van der Waals surface area contributed by atoms with Crippen molar-refractivity contribution in [1.29, 1.82) is 0 Å². The van der Waals surface area contributed by atoms with Crippen molar-refractivity contribution < 1.29 is 0 Å². The van der Waals surface area contributed by atoms with E-state index in [0.29, 0.717) is 5.41 Å². The lowest BCUT2D eigenvalue weighted by atomic mass is 9.75. The van der Waals surface area contributed by atoms with Gasteiger partial charge in [0.1, 0.15) is 0 Å². The molecule has 0 bridgehead atoms. The highest BCUT2D eigenvalue weighted by molar-refractivity contribution is 4.88. The predicted molar refractivity (Wildman–Crippen MR) is 78.0 cm³/mol. The molecule has 0 saturated carbocycles. The third-order valence-corrected chi connectivity index (χ3v) is 4.82. The molecule has 0 aromatic carbocycles. The van der Waals surface area contributed by atoms with Gasteiger partial charge in [0.2, 0.25) is 0 Å². The first-order chi connectivity index (χ1) is 8.74. The Kier molecular flexibility index (Phi) is 5.46. The highest BCUT2D eigenvalue weighted by atomic mass is 15.2. The van der Waals surface area contributed by atoms with Crippen LogP contribution in [0.5, 0.6) is 0 Å². The summed E-state index contributed by atoms with van der Waals surface area (Å²) in [6.45, 7) is 11.3. The van der Waals surface area contributed by atoms with E-state index in [-0.39, 0.29) is 0 Å². The zero-order valence-corrected chi connectivity index (χ0v) is 12.4. The molecule has 0 aromatic heterocycles. The Morgan fingerprint density at radius 2 is 1.83 bits per heavy atom. The standard InChI is InChI=1S/C15H31N3/c1-3-5-15(6-8-16-9-7-15)14-18-11-4-10-17(2)12-13-18/h16H,3-14H2,1-2H3. The molecular weight excluding hydrogens is 222 g/mol. The maximum atomic E-state index is 3.53. The zero-order chi connectivity index (χ0) is 12.8. The normalized spacial score (nSPS) is 27.0. The van der Waals surface area contributed by atoms with E-state index < -0.39 is 0 Å². The van der Waals surface area contributed by atoms with Gasteiger partial charge in [0.05, 0.1) is 0 Å². The SMILES string of the molecule is CCCC1(CN2CCCN(C)CC2)CCNCC1. The summed E-state index contributed by atoms with van der Waals surface area (Å²) in [7, 11) is 2.26. The molecule has 0 spiro atoms. The van der Waals surface area contributed by atoms with E-state index >= 15 is 0 Å². The summed E-state index contributed by atoms with van der Waals surface area (Å²) in [6.07, 6.45) is 6.87. The summed E-state index contributed by atoms with van der Waals surface area (Å²) in [5.41, 5.74) is 0.614. The fraction of sp³-hybridized carbons (Fsp3) is 1.00. The van der Waals surface area contributed by atoms with Gasteiger partial charge in [-0.3, -0.25) is 0 Å². The van der Waals surface area contributed by atoms with Crippen molar-refractivity contribution in [2.24, 2.45) is 5.41 Å². The molecule has 1 N–H and O–H groups in total. The Morgan fingerprint density at radius 1 is 1.06 bits per heavy atom. The van der Waals surface area contributed by atoms with Crippen LogP contribution >= 0.6 is 0 Å². The van der Waals surface area contributed by atoms with Crippen LogP contribution in [0.3, 0.4) is 0 Å². The number of nitrogens with one attached hydrogen (secondary N) is 1. The van der Waals surface area contributed by atoms with Crippen LogP contribution in [0, 0.1) is 5.41 Å². The van der Waals surface area contributed by atoms with E-state index in [2.05, 4.69) is 29.1 Å². The summed E-state index contributed by atoms with van der Waals surface area (Å²) in [5.74, 6) is 0. The third kappa shape index (κ3) is 3.94. The fourth-order valence-electron chi connectivity index (χ4n) is 3.71. The molecule has 2 heterocycles. The Hall–Kier alpha value is -0.120. The lowest BCUT2D eigenvalue weighted by Crippen LogP contribution is -2.45. The van der Waals surface area contributed by atoms with Gasteiger partial charge in [0.15, 0.2) is 0 Å². The van der Waals surface area contributed by atoms with Gasteiger partial charge in [-0.15, -0.1) is 0 Å². The topological polar surface area (TPSA) is 18.5 Å². The molecule has 18 heavy (non-hydrogen) atoms. The first kappa shape index (κ1) is 14.3. The van der Waals surface area contributed by atoms with Crippen LogP contribution in [-0.2, 0) is 0 Å². The molecule has 0 amide bonds. The molecule has 0 aromatic rings.